The highest BCUT2D eigenvalue weighted by atomic mass is 16.3. The normalized spacial score (nSPS) is 23.3. The summed E-state index contributed by atoms with van der Waals surface area (Å²) < 4.78 is 0. The van der Waals surface area contributed by atoms with Gasteiger partial charge in [-0.1, -0.05) is 13.3 Å². The first-order chi connectivity index (χ1) is 6.42. The predicted molar refractivity (Wildman–Crippen MR) is 55.9 cm³/mol. The molecule has 0 aromatic carbocycles. The average molecular weight is 199 g/mol. The van der Waals surface area contributed by atoms with Gasteiger partial charge in [0.25, 0.3) is 0 Å². The number of carbonyl (C=O) groups is 1. The minimum Gasteiger partial charge on any atom is -0.390 e. The summed E-state index contributed by atoms with van der Waals surface area (Å²) in [6.07, 6.45) is 2.43. The van der Waals surface area contributed by atoms with Crippen LogP contribution in [0.1, 0.15) is 40.0 Å². The van der Waals surface area contributed by atoms with Gasteiger partial charge in [0.15, 0.2) is 0 Å². The largest absolute Gasteiger partial charge is 0.390 e. The zero-order chi connectivity index (χ0) is 10.8. The van der Waals surface area contributed by atoms with Gasteiger partial charge in [-0.3, -0.25) is 4.79 Å². The number of carbonyl (C=O) groups excluding carboxylic acids is 1. The Morgan fingerprint density at radius 1 is 1.57 bits per heavy atom. The molecule has 1 rings (SSSR count). The first kappa shape index (κ1) is 11.5. The van der Waals surface area contributed by atoms with Gasteiger partial charge in [-0.05, 0) is 26.2 Å². The zero-order valence-corrected chi connectivity index (χ0v) is 9.42. The minimum absolute atomic E-state index is 0.251. The molecule has 0 radical (unpaired) electrons. The second-order valence-corrected chi connectivity index (χ2v) is 4.88. The summed E-state index contributed by atoms with van der Waals surface area (Å²) in [5.74, 6) is 0.783. The standard InChI is InChI=1S/C11H21NO2/c1-4-9-7-10(13)12(8-9)6-5-11(2,3)14/h9,14H,4-8H2,1-3H3. The van der Waals surface area contributed by atoms with Crippen molar-refractivity contribution in [3.8, 4) is 0 Å². The SMILES string of the molecule is CCC1CC(=O)N(CCC(C)(C)O)C1. The van der Waals surface area contributed by atoms with Crippen LogP contribution >= 0.6 is 0 Å². The van der Waals surface area contributed by atoms with Crippen molar-refractivity contribution in [1.29, 1.82) is 0 Å². The molecule has 0 aromatic rings. The summed E-state index contributed by atoms with van der Waals surface area (Å²) in [5.41, 5.74) is -0.662. The first-order valence-electron chi connectivity index (χ1n) is 5.42. The molecular formula is C11H21NO2. The van der Waals surface area contributed by atoms with Crippen molar-refractivity contribution >= 4 is 5.91 Å². The fraction of sp³-hybridized carbons (Fsp3) is 0.909. The molecule has 1 amide bonds. The van der Waals surface area contributed by atoms with Gasteiger partial charge in [0.1, 0.15) is 0 Å². The number of hydrogen-bond acceptors (Lipinski definition) is 2. The molecule has 14 heavy (non-hydrogen) atoms. The van der Waals surface area contributed by atoms with Crippen LogP contribution < -0.4 is 0 Å². The molecule has 1 N–H and O–H groups in total. The molecule has 1 aliphatic rings. The van der Waals surface area contributed by atoms with Gasteiger partial charge in [-0.2, -0.15) is 0 Å². The van der Waals surface area contributed by atoms with Crippen LogP contribution in [-0.4, -0.2) is 34.6 Å². The number of aliphatic hydroxyl groups is 1. The number of amides is 1. The summed E-state index contributed by atoms with van der Waals surface area (Å²) in [6.45, 7) is 7.26. The van der Waals surface area contributed by atoms with Crippen molar-refractivity contribution < 1.29 is 9.90 Å². The molecule has 1 heterocycles. The van der Waals surface area contributed by atoms with Crippen LogP contribution in [-0.2, 0) is 4.79 Å². The number of nitrogens with zero attached hydrogens (tertiary/aromatic N) is 1. The fourth-order valence-electron chi connectivity index (χ4n) is 1.75. The van der Waals surface area contributed by atoms with Crippen molar-refractivity contribution in [2.24, 2.45) is 5.92 Å². The van der Waals surface area contributed by atoms with E-state index in [2.05, 4.69) is 6.92 Å². The van der Waals surface area contributed by atoms with E-state index < -0.39 is 5.60 Å². The summed E-state index contributed by atoms with van der Waals surface area (Å²) in [4.78, 5) is 13.4. The van der Waals surface area contributed by atoms with Gasteiger partial charge < -0.3 is 10.0 Å². The molecular weight excluding hydrogens is 178 g/mol. The third-order valence-corrected chi connectivity index (χ3v) is 2.87. The van der Waals surface area contributed by atoms with Crippen LogP contribution in [0.5, 0.6) is 0 Å². The molecule has 82 valence electrons. The van der Waals surface area contributed by atoms with E-state index in [1.807, 2.05) is 4.90 Å². The molecule has 3 nitrogen and oxygen atoms in total. The molecule has 0 aromatic heterocycles. The van der Waals surface area contributed by atoms with Crippen LogP contribution in [0.3, 0.4) is 0 Å². The highest BCUT2D eigenvalue weighted by Crippen LogP contribution is 2.21. The van der Waals surface area contributed by atoms with Crippen molar-refractivity contribution in [1.82, 2.24) is 4.90 Å². The Bertz CT molecular complexity index is 208. The van der Waals surface area contributed by atoms with E-state index >= 15 is 0 Å². The van der Waals surface area contributed by atoms with Crippen molar-refractivity contribution in [2.75, 3.05) is 13.1 Å². The Morgan fingerprint density at radius 3 is 2.64 bits per heavy atom. The second kappa shape index (κ2) is 4.30. The predicted octanol–water partition coefficient (Wildman–Crippen LogP) is 1.41. The molecule has 1 unspecified atom stereocenters. The van der Waals surface area contributed by atoms with Crippen molar-refractivity contribution in [3.63, 3.8) is 0 Å². The Balaban J connectivity index is 2.36. The lowest BCUT2D eigenvalue weighted by atomic mass is 10.1. The van der Waals surface area contributed by atoms with E-state index in [0.717, 1.165) is 13.0 Å². The van der Waals surface area contributed by atoms with E-state index in [4.69, 9.17) is 0 Å². The van der Waals surface area contributed by atoms with Crippen LogP contribution in [0.4, 0.5) is 0 Å². The molecule has 0 bridgehead atoms. The molecule has 0 aliphatic carbocycles. The van der Waals surface area contributed by atoms with Crippen molar-refractivity contribution in [3.05, 3.63) is 0 Å². The van der Waals surface area contributed by atoms with E-state index in [-0.39, 0.29) is 5.91 Å². The topological polar surface area (TPSA) is 40.5 Å². The third-order valence-electron chi connectivity index (χ3n) is 2.87. The molecule has 0 saturated carbocycles. The fourth-order valence-corrected chi connectivity index (χ4v) is 1.75. The van der Waals surface area contributed by atoms with Crippen LogP contribution in [0.2, 0.25) is 0 Å². The van der Waals surface area contributed by atoms with Gasteiger partial charge in [0, 0.05) is 19.5 Å². The maximum atomic E-state index is 11.5. The number of likely N-dealkylation sites (tertiary alicyclic amines) is 1. The molecule has 1 atom stereocenters. The lowest BCUT2D eigenvalue weighted by Gasteiger charge is -2.22. The summed E-state index contributed by atoms with van der Waals surface area (Å²) in [6, 6.07) is 0. The highest BCUT2D eigenvalue weighted by molar-refractivity contribution is 5.78. The lowest BCUT2D eigenvalue weighted by molar-refractivity contribution is -0.128. The van der Waals surface area contributed by atoms with Crippen LogP contribution in [0.25, 0.3) is 0 Å². The van der Waals surface area contributed by atoms with Gasteiger partial charge in [-0.15, -0.1) is 0 Å². The van der Waals surface area contributed by atoms with Gasteiger partial charge >= 0.3 is 0 Å². The van der Waals surface area contributed by atoms with Gasteiger partial charge in [0.2, 0.25) is 5.91 Å². The van der Waals surface area contributed by atoms with E-state index in [1.165, 1.54) is 0 Å². The Hall–Kier alpha value is -0.570. The second-order valence-electron chi connectivity index (χ2n) is 4.88. The van der Waals surface area contributed by atoms with Gasteiger partial charge in [0.05, 0.1) is 5.60 Å². The Morgan fingerprint density at radius 2 is 2.21 bits per heavy atom. The number of rotatable bonds is 4. The minimum atomic E-state index is -0.662. The molecule has 1 saturated heterocycles. The summed E-state index contributed by atoms with van der Waals surface area (Å²) in [5, 5.41) is 9.55. The molecule has 1 aliphatic heterocycles. The van der Waals surface area contributed by atoms with E-state index in [1.54, 1.807) is 13.8 Å². The zero-order valence-electron chi connectivity index (χ0n) is 9.42. The first-order valence-corrected chi connectivity index (χ1v) is 5.42. The smallest absolute Gasteiger partial charge is 0.222 e. The van der Waals surface area contributed by atoms with Gasteiger partial charge in [-0.25, -0.2) is 0 Å². The van der Waals surface area contributed by atoms with Crippen LogP contribution in [0.15, 0.2) is 0 Å². The average Bonchev–Trinajstić information content (AvgIpc) is 2.42. The van der Waals surface area contributed by atoms with Crippen LogP contribution in [0, 0.1) is 5.92 Å². The van der Waals surface area contributed by atoms with Crippen molar-refractivity contribution in [2.45, 2.75) is 45.6 Å². The summed E-state index contributed by atoms with van der Waals surface area (Å²) in [7, 11) is 0. The maximum Gasteiger partial charge on any atom is 0.222 e. The Kier molecular flexibility index (Phi) is 3.53. The third kappa shape index (κ3) is 3.29. The quantitative estimate of drug-likeness (QED) is 0.743. The monoisotopic (exact) mass is 199 g/mol. The highest BCUT2D eigenvalue weighted by Gasteiger charge is 2.28. The molecule has 1 fully saturated rings. The maximum absolute atomic E-state index is 11.5. The Labute approximate surface area is 86.1 Å². The molecule has 0 spiro atoms. The lowest BCUT2D eigenvalue weighted by Crippen LogP contribution is -2.32. The van der Waals surface area contributed by atoms with E-state index in [9.17, 15) is 9.90 Å². The number of hydrogen-bond donors (Lipinski definition) is 1. The summed E-state index contributed by atoms with van der Waals surface area (Å²) >= 11 is 0. The molecule has 3 heteroatoms. The van der Waals surface area contributed by atoms with E-state index in [0.29, 0.717) is 25.3 Å².